The average Bonchev–Trinajstić information content (AvgIpc) is 3.15. The van der Waals surface area contributed by atoms with E-state index in [1.165, 1.54) is 0 Å². The van der Waals surface area contributed by atoms with Crippen molar-refractivity contribution in [3.63, 3.8) is 0 Å². The Morgan fingerprint density at radius 1 is 1.33 bits per heavy atom. The molecule has 8 nitrogen and oxygen atoms in total. The monoisotopic (exact) mass is 373 g/mol. The topological polar surface area (TPSA) is 84.6 Å². The minimum absolute atomic E-state index is 0.00492. The molecule has 0 aliphatic carbocycles. The molecule has 1 saturated heterocycles. The van der Waals surface area contributed by atoms with Crippen LogP contribution >= 0.6 is 0 Å². The number of ether oxygens (including phenoxy) is 1. The normalized spacial score (nSPS) is 16.4. The number of carbonyl (C=O) groups excluding carboxylic acids is 1. The number of pyridine rings is 1. The molecular formula is C19H27N5O3. The van der Waals surface area contributed by atoms with Crippen LogP contribution in [0, 0.1) is 0 Å². The number of hydrogen-bond donors (Lipinski definition) is 0. The Hall–Kier alpha value is -2.32. The van der Waals surface area contributed by atoms with Crippen LogP contribution < -0.4 is 0 Å². The molecule has 3 heterocycles. The molecule has 2 aromatic heterocycles. The molecule has 1 atom stereocenters. The molecule has 3 rings (SSSR count). The van der Waals surface area contributed by atoms with E-state index in [4.69, 9.17) is 9.26 Å². The summed E-state index contributed by atoms with van der Waals surface area (Å²) in [6, 6.07) is 3.40. The van der Waals surface area contributed by atoms with E-state index in [-0.39, 0.29) is 11.9 Å². The summed E-state index contributed by atoms with van der Waals surface area (Å²) in [4.78, 5) is 26.1. The van der Waals surface area contributed by atoms with Crippen molar-refractivity contribution < 1.29 is 14.1 Å². The maximum absolute atomic E-state index is 13.6. The zero-order chi connectivity index (χ0) is 19.2. The Morgan fingerprint density at radius 2 is 2.11 bits per heavy atom. The first kappa shape index (κ1) is 19.4. The van der Waals surface area contributed by atoms with Crippen molar-refractivity contribution in [3.05, 3.63) is 41.8 Å². The number of aromatic nitrogens is 3. The Labute approximate surface area is 159 Å². The van der Waals surface area contributed by atoms with Crippen molar-refractivity contribution in [2.75, 3.05) is 26.3 Å². The van der Waals surface area contributed by atoms with E-state index in [9.17, 15) is 4.79 Å². The third-order valence-electron chi connectivity index (χ3n) is 4.68. The van der Waals surface area contributed by atoms with Gasteiger partial charge in [0.05, 0.1) is 13.2 Å². The molecule has 1 aliphatic rings. The van der Waals surface area contributed by atoms with Crippen LogP contribution in [0.3, 0.4) is 0 Å². The Morgan fingerprint density at radius 3 is 2.70 bits per heavy atom. The second-order valence-corrected chi connectivity index (χ2v) is 6.86. The molecule has 0 aromatic carbocycles. The van der Waals surface area contributed by atoms with E-state index in [1.807, 2.05) is 32.9 Å². The van der Waals surface area contributed by atoms with Gasteiger partial charge in [-0.3, -0.25) is 14.7 Å². The SMILES string of the molecule is CCc1noc(CN(C(=O)[C@H](c2cccnc2)N2CCOCC2)C(C)C)n1. The van der Waals surface area contributed by atoms with Crippen molar-refractivity contribution >= 4 is 5.91 Å². The minimum Gasteiger partial charge on any atom is -0.379 e. The molecule has 1 aliphatic heterocycles. The van der Waals surface area contributed by atoms with Crippen LogP contribution in [0.1, 0.15) is 44.1 Å². The standard InChI is InChI=1S/C19H27N5O3/c1-4-16-21-17(27-22-16)13-24(14(2)3)19(25)18(15-6-5-7-20-12-15)23-8-10-26-11-9-23/h5-7,12,14,18H,4,8-11,13H2,1-3H3/t18-/m0/s1. The maximum Gasteiger partial charge on any atom is 0.246 e. The highest BCUT2D eigenvalue weighted by atomic mass is 16.5. The Bertz CT molecular complexity index is 728. The number of hydrogen-bond acceptors (Lipinski definition) is 7. The predicted molar refractivity (Wildman–Crippen MR) is 98.7 cm³/mol. The van der Waals surface area contributed by atoms with Gasteiger partial charge in [-0.15, -0.1) is 0 Å². The van der Waals surface area contributed by atoms with Crippen LogP contribution in [-0.4, -0.2) is 63.2 Å². The highest BCUT2D eigenvalue weighted by Crippen LogP contribution is 2.25. The maximum atomic E-state index is 13.6. The van der Waals surface area contributed by atoms with Gasteiger partial charge in [0.2, 0.25) is 11.8 Å². The third kappa shape index (κ3) is 4.70. The van der Waals surface area contributed by atoms with Crippen molar-refractivity contribution in [3.8, 4) is 0 Å². The van der Waals surface area contributed by atoms with Gasteiger partial charge >= 0.3 is 0 Å². The first-order valence-corrected chi connectivity index (χ1v) is 9.43. The largest absolute Gasteiger partial charge is 0.379 e. The van der Waals surface area contributed by atoms with Gasteiger partial charge in [0.15, 0.2) is 5.82 Å². The van der Waals surface area contributed by atoms with Gasteiger partial charge in [0, 0.05) is 37.9 Å². The lowest BCUT2D eigenvalue weighted by atomic mass is 10.0. The van der Waals surface area contributed by atoms with Crippen molar-refractivity contribution in [2.45, 2.75) is 45.8 Å². The van der Waals surface area contributed by atoms with Gasteiger partial charge in [-0.1, -0.05) is 18.1 Å². The summed E-state index contributed by atoms with van der Waals surface area (Å²) in [6.45, 7) is 8.91. The van der Waals surface area contributed by atoms with Gasteiger partial charge in [0.25, 0.3) is 0 Å². The number of rotatable bonds is 7. The lowest BCUT2D eigenvalue weighted by Crippen LogP contribution is -2.48. The third-order valence-corrected chi connectivity index (χ3v) is 4.68. The Kier molecular flexibility index (Phi) is 6.52. The second kappa shape index (κ2) is 9.05. The summed E-state index contributed by atoms with van der Waals surface area (Å²) >= 11 is 0. The number of amides is 1. The van der Waals surface area contributed by atoms with E-state index in [0.717, 1.165) is 5.56 Å². The van der Waals surface area contributed by atoms with E-state index < -0.39 is 6.04 Å². The molecule has 0 spiro atoms. The fourth-order valence-electron chi connectivity index (χ4n) is 3.20. The highest BCUT2D eigenvalue weighted by Gasteiger charge is 2.34. The van der Waals surface area contributed by atoms with Gasteiger partial charge in [-0.25, -0.2) is 0 Å². The summed E-state index contributed by atoms with van der Waals surface area (Å²) in [7, 11) is 0. The number of aryl methyl sites for hydroxylation is 1. The molecular weight excluding hydrogens is 346 g/mol. The molecule has 2 aromatic rings. The van der Waals surface area contributed by atoms with Crippen molar-refractivity contribution in [1.29, 1.82) is 0 Å². The Balaban J connectivity index is 1.87. The summed E-state index contributed by atoms with van der Waals surface area (Å²) in [6.07, 6.45) is 4.18. The molecule has 27 heavy (non-hydrogen) atoms. The summed E-state index contributed by atoms with van der Waals surface area (Å²) in [5.74, 6) is 1.12. The lowest BCUT2D eigenvalue weighted by Gasteiger charge is -2.37. The summed E-state index contributed by atoms with van der Waals surface area (Å²) in [5, 5.41) is 3.94. The van der Waals surface area contributed by atoms with Gasteiger partial charge in [0.1, 0.15) is 12.6 Å². The van der Waals surface area contributed by atoms with E-state index >= 15 is 0 Å². The molecule has 0 unspecified atom stereocenters. The molecule has 0 saturated carbocycles. The van der Waals surface area contributed by atoms with Crippen molar-refractivity contribution in [2.24, 2.45) is 0 Å². The number of carbonyl (C=O) groups is 1. The fourth-order valence-corrected chi connectivity index (χ4v) is 3.20. The quantitative estimate of drug-likeness (QED) is 0.732. The van der Waals surface area contributed by atoms with E-state index in [0.29, 0.717) is 51.0 Å². The van der Waals surface area contributed by atoms with Crippen LogP contribution in [0.4, 0.5) is 0 Å². The van der Waals surface area contributed by atoms with Crippen LogP contribution in [0.2, 0.25) is 0 Å². The number of morpholine rings is 1. The molecule has 0 N–H and O–H groups in total. The average molecular weight is 373 g/mol. The first-order chi connectivity index (χ1) is 13.1. The van der Waals surface area contributed by atoms with E-state index in [2.05, 4.69) is 20.0 Å². The molecule has 8 heteroatoms. The van der Waals surface area contributed by atoms with Gasteiger partial charge in [-0.05, 0) is 25.5 Å². The smallest absolute Gasteiger partial charge is 0.246 e. The lowest BCUT2D eigenvalue weighted by molar-refractivity contribution is -0.142. The van der Waals surface area contributed by atoms with Crippen LogP contribution in [-0.2, 0) is 22.5 Å². The van der Waals surface area contributed by atoms with Crippen LogP contribution in [0.5, 0.6) is 0 Å². The number of nitrogens with zero attached hydrogens (tertiary/aromatic N) is 5. The molecule has 146 valence electrons. The molecule has 1 amide bonds. The first-order valence-electron chi connectivity index (χ1n) is 9.43. The predicted octanol–water partition coefficient (Wildman–Crippen LogP) is 1.84. The van der Waals surface area contributed by atoms with Crippen LogP contribution in [0.25, 0.3) is 0 Å². The highest BCUT2D eigenvalue weighted by molar-refractivity contribution is 5.83. The van der Waals surface area contributed by atoms with E-state index in [1.54, 1.807) is 17.3 Å². The zero-order valence-corrected chi connectivity index (χ0v) is 16.2. The molecule has 0 radical (unpaired) electrons. The molecule has 1 fully saturated rings. The summed E-state index contributed by atoms with van der Waals surface area (Å²) in [5.41, 5.74) is 0.884. The summed E-state index contributed by atoms with van der Waals surface area (Å²) < 4.78 is 10.8. The fraction of sp³-hybridized carbons (Fsp3) is 0.579. The van der Waals surface area contributed by atoms with Crippen molar-refractivity contribution in [1.82, 2.24) is 24.9 Å². The van der Waals surface area contributed by atoms with Crippen LogP contribution in [0.15, 0.2) is 29.0 Å². The zero-order valence-electron chi connectivity index (χ0n) is 16.2. The van der Waals surface area contributed by atoms with Gasteiger partial charge in [-0.2, -0.15) is 4.98 Å². The minimum atomic E-state index is -0.404. The van der Waals surface area contributed by atoms with Gasteiger partial charge < -0.3 is 14.2 Å². The molecule has 0 bridgehead atoms. The second-order valence-electron chi connectivity index (χ2n) is 6.86.